The average molecular weight is 394 g/mol. The summed E-state index contributed by atoms with van der Waals surface area (Å²) in [6.45, 7) is 4.36. The van der Waals surface area contributed by atoms with E-state index in [0.29, 0.717) is 13.1 Å². The molecule has 1 aliphatic heterocycles. The Labute approximate surface area is 170 Å². The lowest BCUT2D eigenvalue weighted by Crippen LogP contribution is -2.29. The number of hydrogen-bond acceptors (Lipinski definition) is 4. The molecule has 1 aliphatic rings. The molecule has 0 spiro atoms. The topological polar surface area (TPSA) is 75.7 Å². The molecule has 3 rings (SSSR count). The number of anilines is 1. The summed E-state index contributed by atoms with van der Waals surface area (Å²) < 4.78 is 5.17. The summed E-state index contributed by atoms with van der Waals surface area (Å²) in [5.41, 5.74) is 3.77. The molecule has 2 aromatic carbocycles. The third-order valence-corrected chi connectivity index (χ3v) is 5.15. The van der Waals surface area contributed by atoms with Crippen molar-refractivity contribution in [2.45, 2.75) is 26.7 Å². The average Bonchev–Trinajstić information content (AvgIpc) is 3.09. The van der Waals surface area contributed by atoms with E-state index in [4.69, 9.17) is 4.74 Å². The van der Waals surface area contributed by atoms with Crippen LogP contribution in [0.4, 0.5) is 5.69 Å². The SMILES string of the molecule is Cc1cccc(C)c1NC(=O)COC(=O)[C@H]1CC(=O)N(CCc2ccccc2)C1. The van der Waals surface area contributed by atoms with Crippen LogP contribution in [0.25, 0.3) is 0 Å². The van der Waals surface area contributed by atoms with Crippen molar-refractivity contribution in [2.24, 2.45) is 5.92 Å². The Hall–Kier alpha value is -3.15. The molecule has 152 valence electrons. The molecule has 1 atom stereocenters. The number of nitrogens with one attached hydrogen (secondary N) is 1. The van der Waals surface area contributed by atoms with Crippen LogP contribution in [0.5, 0.6) is 0 Å². The van der Waals surface area contributed by atoms with Gasteiger partial charge in [0, 0.05) is 25.2 Å². The van der Waals surface area contributed by atoms with E-state index >= 15 is 0 Å². The van der Waals surface area contributed by atoms with Gasteiger partial charge in [-0.05, 0) is 37.0 Å². The van der Waals surface area contributed by atoms with Crippen molar-refractivity contribution in [2.75, 3.05) is 25.0 Å². The minimum Gasteiger partial charge on any atom is -0.455 e. The fraction of sp³-hybridized carbons (Fsp3) is 0.348. The number of esters is 1. The van der Waals surface area contributed by atoms with Crippen LogP contribution in [0.15, 0.2) is 48.5 Å². The van der Waals surface area contributed by atoms with Gasteiger partial charge in [-0.2, -0.15) is 0 Å². The zero-order chi connectivity index (χ0) is 20.8. The highest BCUT2D eigenvalue weighted by atomic mass is 16.5. The van der Waals surface area contributed by atoms with E-state index in [-0.39, 0.29) is 24.8 Å². The highest BCUT2D eigenvalue weighted by Crippen LogP contribution is 2.21. The van der Waals surface area contributed by atoms with E-state index in [1.807, 2.05) is 62.4 Å². The van der Waals surface area contributed by atoms with Crippen LogP contribution in [-0.2, 0) is 25.5 Å². The predicted molar refractivity (Wildman–Crippen MR) is 110 cm³/mol. The van der Waals surface area contributed by atoms with Crippen molar-refractivity contribution in [3.05, 3.63) is 65.2 Å². The van der Waals surface area contributed by atoms with Crippen molar-refractivity contribution < 1.29 is 19.1 Å². The molecule has 0 saturated carbocycles. The molecule has 0 aromatic heterocycles. The zero-order valence-electron chi connectivity index (χ0n) is 16.8. The molecule has 0 unspecified atom stereocenters. The number of hydrogen-bond donors (Lipinski definition) is 1. The molecule has 1 heterocycles. The molecule has 6 nitrogen and oxygen atoms in total. The number of benzene rings is 2. The minimum absolute atomic E-state index is 0.0529. The second-order valence-corrected chi connectivity index (χ2v) is 7.40. The third kappa shape index (κ3) is 5.44. The lowest BCUT2D eigenvalue weighted by Gasteiger charge is -2.16. The number of rotatable bonds is 7. The predicted octanol–water partition coefficient (Wildman–Crippen LogP) is 2.88. The van der Waals surface area contributed by atoms with Crippen LogP contribution in [-0.4, -0.2) is 42.4 Å². The molecular formula is C23H26N2O4. The number of ether oxygens (including phenoxy) is 1. The summed E-state index contributed by atoms with van der Waals surface area (Å²) >= 11 is 0. The molecule has 0 bridgehead atoms. The van der Waals surface area contributed by atoms with Crippen molar-refractivity contribution in [3.63, 3.8) is 0 Å². The van der Waals surface area contributed by atoms with Gasteiger partial charge in [-0.3, -0.25) is 14.4 Å². The van der Waals surface area contributed by atoms with Gasteiger partial charge >= 0.3 is 5.97 Å². The van der Waals surface area contributed by atoms with Gasteiger partial charge in [0.25, 0.3) is 5.91 Å². The monoisotopic (exact) mass is 394 g/mol. The number of para-hydroxylation sites is 1. The Morgan fingerprint density at radius 2 is 1.76 bits per heavy atom. The summed E-state index contributed by atoms with van der Waals surface area (Å²) in [5, 5.41) is 2.79. The fourth-order valence-electron chi connectivity index (χ4n) is 3.50. The van der Waals surface area contributed by atoms with Gasteiger partial charge in [0.1, 0.15) is 0 Å². The first-order chi connectivity index (χ1) is 13.9. The lowest BCUT2D eigenvalue weighted by atomic mass is 10.1. The first kappa shape index (κ1) is 20.6. The summed E-state index contributed by atoms with van der Waals surface area (Å²) in [6, 6.07) is 15.6. The van der Waals surface area contributed by atoms with E-state index in [2.05, 4.69) is 5.32 Å². The van der Waals surface area contributed by atoms with E-state index in [9.17, 15) is 14.4 Å². The van der Waals surface area contributed by atoms with Gasteiger partial charge in [0.05, 0.1) is 5.92 Å². The van der Waals surface area contributed by atoms with Crippen molar-refractivity contribution in [1.29, 1.82) is 0 Å². The van der Waals surface area contributed by atoms with E-state index in [1.165, 1.54) is 0 Å². The maximum atomic E-state index is 12.3. The van der Waals surface area contributed by atoms with Gasteiger partial charge in [0.15, 0.2) is 6.61 Å². The Bertz CT molecular complexity index is 875. The van der Waals surface area contributed by atoms with E-state index < -0.39 is 11.9 Å². The molecule has 0 aliphatic carbocycles. The smallest absolute Gasteiger partial charge is 0.311 e. The number of likely N-dealkylation sites (tertiary alicyclic amines) is 1. The van der Waals surface area contributed by atoms with Crippen LogP contribution in [0.1, 0.15) is 23.1 Å². The van der Waals surface area contributed by atoms with Crippen molar-refractivity contribution >= 4 is 23.5 Å². The van der Waals surface area contributed by atoms with Gasteiger partial charge in [-0.25, -0.2) is 0 Å². The molecule has 2 aromatic rings. The largest absolute Gasteiger partial charge is 0.455 e. The normalized spacial score (nSPS) is 16.0. The summed E-state index contributed by atoms with van der Waals surface area (Å²) in [7, 11) is 0. The molecule has 1 N–H and O–H groups in total. The van der Waals surface area contributed by atoms with Crippen LogP contribution in [0, 0.1) is 19.8 Å². The Kier molecular flexibility index (Phi) is 6.65. The lowest BCUT2D eigenvalue weighted by molar-refractivity contribution is -0.151. The van der Waals surface area contributed by atoms with Crippen molar-refractivity contribution in [3.8, 4) is 0 Å². The molecule has 0 radical (unpaired) electrons. The number of carbonyl (C=O) groups excluding carboxylic acids is 3. The highest BCUT2D eigenvalue weighted by Gasteiger charge is 2.35. The molecular weight excluding hydrogens is 368 g/mol. The first-order valence-corrected chi connectivity index (χ1v) is 9.78. The standard InChI is InChI=1S/C23H26N2O4/c1-16-7-6-8-17(2)22(16)24-20(26)15-29-23(28)19-13-21(27)25(14-19)12-11-18-9-4-3-5-10-18/h3-10,19H,11-15H2,1-2H3,(H,24,26)/t19-/m0/s1. The first-order valence-electron chi connectivity index (χ1n) is 9.78. The Morgan fingerprint density at radius 3 is 2.45 bits per heavy atom. The molecule has 29 heavy (non-hydrogen) atoms. The number of nitrogens with zero attached hydrogens (tertiary/aromatic N) is 1. The molecule has 6 heteroatoms. The highest BCUT2D eigenvalue weighted by molar-refractivity contribution is 5.95. The van der Waals surface area contributed by atoms with Crippen LogP contribution in [0.3, 0.4) is 0 Å². The van der Waals surface area contributed by atoms with Crippen LogP contribution < -0.4 is 5.32 Å². The van der Waals surface area contributed by atoms with Crippen LogP contribution in [0.2, 0.25) is 0 Å². The van der Waals surface area contributed by atoms with Gasteiger partial charge in [-0.1, -0.05) is 48.5 Å². The van der Waals surface area contributed by atoms with Gasteiger partial charge in [0.2, 0.25) is 5.91 Å². The zero-order valence-corrected chi connectivity index (χ0v) is 16.8. The molecule has 1 saturated heterocycles. The second-order valence-electron chi connectivity index (χ2n) is 7.40. The number of aryl methyl sites for hydroxylation is 2. The van der Waals surface area contributed by atoms with E-state index in [1.54, 1.807) is 4.90 Å². The quantitative estimate of drug-likeness (QED) is 0.733. The van der Waals surface area contributed by atoms with Crippen LogP contribution >= 0.6 is 0 Å². The maximum Gasteiger partial charge on any atom is 0.311 e. The summed E-state index contributed by atoms with van der Waals surface area (Å²) in [4.78, 5) is 38.4. The minimum atomic E-state index is -0.522. The Balaban J connectivity index is 1.46. The van der Waals surface area contributed by atoms with Crippen molar-refractivity contribution in [1.82, 2.24) is 4.90 Å². The summed E-state index contributed by atoms with van der Waals surface area (Å²) in [6.07, 6.45) is 0.874. The maximum absolute atomic E-state index is 12.3. The number of carbonyl (C=O) groups is 3. The molecule has 2 amide bonds. The van der Waals surface area contributed by atoms with Gasteiger partial charge < -0.3 is 15.0 Å². The van der Waals surface area contributed by atoms with Gasteiger partial charge in [-0.15, -0.1) is 0 Å². The Morgan fingerprint density at radius 1 is 1.07 bits per heavy atom. The fourth-order valence-corrected chi connectivity index (χ4v) is 3.50. The molecule has 1 fully saturated rings. The van der Waals surface area contributed by atoms with E-state index in [0.717, 1.165) is 28.8 Å². The third-order valence-electron chi connectivity index (χ3n) is 5.15. The second kappa shape index (κ2) is 9.37. The number of amides is 2. The summed E-state index contributed by atoms with van der Waals surface area (Å²) in [5.74, 6) is -1.47.